The summed E-state index contributed by atoms with van der Waals surface area (Å²) in [5.74, 6) is -0.243. The molecule has 0 aliphatic carbocycles. The van der Waals surface area contributed by atoms with Crippen LogP contribution in [0.5, 0.6) is 5.75 Å². The zero-order valence-electron chi connectivity index (χ0n) is 16.8. The minimum atomic E-state index is -0.578. The second-order valence-electron chi connectivity index (χ2n) is 7.18. The predicted octanol–water partition coefficient (Wildman–Crippen LogP) is 3.27. The summed E-state index contributed by atoms with van der Waals surface area (Å²) in [6.45, 7) is 3.73. The molecule has 0 bridgehead atoms. The Hall–Kier alpha value is -3.61. The zero-order chi connectivity index (χ0) is 21.3. The quantitative estimate of drug-likeness (QED) is 0.487. The van der Waals surface area contributed by atoms with Crippen molar-refractivity contribution in [3.63, 3.8) is 0 Å². The SMILES string of the molecule is Cc1ccc2c(COC(=O)CN3C(=O)CCOc4ccccc43)cc(=O)oc2c1C. The number of nitrogens with zero attached hydrogens (tertiary/aromatic N) is 1. The van der Waals surface area contributed by atoms with E-state index in [-0.39, 0.29) is 32.1 Å². The summed E-state index contributed by atoms with van der Waals surface area (Å²) < 4.78 is 16.3. The summed E-state index contributed by atoms with van der Waals surface area (Å²) in [5.41, 5.74) is 2.95. The molecule has 0 fully saturated rings. The largest absolute Gasteiger partial charge is 0.491 e. The number of esters is 1. The van der Waals surface area contributed by atoms with Gasteiger partial charge in [-0.25, -0.2) is 4.79 Å². The first-order chi connectivity index (χ1) is 14.4. The average molecular weight is 407 g/mol. The lowest BCUT2D eigenvalue weighted by atomic mass is 10.0. The Morgan fingerprint density at radius 3 is 2.77 bits per heavy atom. The Balaban J connectivity index is 1.54. The topological polar surface area (TPSA) is 86.0 Å². The van der Waals surface area contributed by atoms with Crippen LogP contribution in [0.4, 0.5) is 5.69 Å². The number of carbonyl (C=O) groups is 2. The second-order valence-corrected chi connectivity index (χ2v) is 7.18. The number of hydrogen-bond donors (Lipinski definition) is 0. The highest BCUT2D eigenvalue weighted by molar-refractivity contribution is 5.99. The number of carbonyl (C=O) groups excluding carboxylic acids is 2. The van der Waals surface area contributed by atoms with Crippen molar-refractivity contribution >= 4 is 28.5 Å². The van der Waals surface area contributed by atoms with Gasteiger partial charge in [0.25, 0.3) is 0 Å². The van der Waals surface area contributed by atoms with Gasteiger partial charge >= 0.3 is 11.6 Å². The maximum Gasteiger partial charge on any atom is 0.336 e. The Bertz CT molecular complexity index is 1200. The van der Waals surface area contributed by atoms with E-state index < -0.39 is 11.6 Å². The van der Waals surface area contributed by atoms with Crippen molar-refractivity contribution in [3.05, 3.63) is 69.6 Å². The summed E-state index contributed by atoms with van der Waals surface area (Å²) in [4.78, 5) is 38.3. The van der Waals surface area contributed by atoms with Crippen LogP contribution in [0, 0.1) is 13.8 Å². The van der Waals surface area contributed by atoms with E-state index in [1.807, 2.05) is 26.0 Å². The molecule has 2 heterocycles. The van der Waals surface area contributed by atoms with Crippen LogP contribution < -0.4 is 15.3 Å². The van der Waals surface area contributed by atoms with E-state index in [2.05, 4.69) is 0 Å². The first kappa shape index (κ1) is 19.7. The lowest BCUT2D eigenvalue weighted by Crippen LogP contribution is -2.36. The summed E-state index contributed by atoms with van der Waals surface area (Å²) in [6, 6.07) is 12.2. The molecule has 7 nitrogen and oxygen atoms in total. The maximum atomic E-state index is 12.5. The number of rotatable bonds is 4. The molecule has 0 atom stereocenters. The van der Waals surface area contributed by atoms with E-state index in [0.29, 0.717) is 22.6 Å². The van der Waals surface area contributed by atoms with Crippen molar-refractivity contribution in [1.82, 2.24) is 0 Å². The third kappa shape index (κ3) is 3.78. The molecular formula is C23H21NO6. The molecule has 4 rings (SSSR count). The third-order valence-electron chi connectivity index (χ3n) is 5.22. The Morgan fingerprint density at radius 2 is 1.93 bits per heavy atom. The van der Waals surface area contributed by atoms with Crippen molar-refractivity contribution in [2.45, 2.75) is 26.9 Å². The highest BCUT2D eigenvalue weighted by Gasteiger charge is 2.25. The number of fused-ring (bicyclic) bond motifs is 2. The first-order valence-electron chi connectivity index (χ1n) is 9.65. The average Bonchev–Trinajstić information content (AvgIpc) is 2.88. The van der Waals surface area contributed by atoms with Gasteiger partial charge in [-0.1, -0.05) is 24.3 Å². The summed E-state index contributed by atoms with van der Waals surface area (Å²) in [5, 5.41) is 0.718. The Morgan fingerprint density at radius 1 is 1.13 bits per heavy atom. The molecule has 0 N–H and O–H groups in total. The Labute approximate surface area is 172 Å². The van der Waals surface area contributed by atoms with Crippen LogP contribution >= 0.6 is 0 Å². The van der Waals surface area contributed by atoms with Gasteiger partial charge in [0.1, 0.15) is 24.5 Å². The van der Waals surface area contributed by atoms with Crippen LogP contribution in [0.2, 0.25) is 0 Å². The number of anilines is 1. The molecule has 3 aromatic rings. The lowest BCUT2D eigenvalue weighted by molar-refractivity contribution is -0.144. The van der Waals surface area contributed by atoms with Gasteiger partial charge in [-0.15, -0.1) is 0 Å². The van der Waals surface area contributed by atoms with Crippen LogP contribution in [0.25, 0.3) is 11.0 Å². The van der Waals surface area contributed by atoms with Crippen molar-refractivity contribution in [3.8, 4) is 5.75 Å². The van der Waals surface area contributed by atoms with E-state index in [4.69, 9.17) is 13.9 Å². The normalized spacial score (nSPS) is 13.5. The highest BCUT2D eigenvalue weighted by atomic mass is 16.5. The monoisotopic (exact) mass is 407 g/mol. The van der Waals surface area contributed by atoms with Crippen LogP contribution in [0.15, 0.2) is 51.7 Å². The van der Waals surface area contributed by atoms with E-state index in [9.17, 15) is 14.4 Å². The Kier molecular flexibility index (Phi) is 5.27. The van der Waals surface area contributed by atoms with Gasteiger partial charge in [0.15, 0.2) is 0 Å². The van der Waals surface area contributed by atoms with Gasteiger partial charge in [0.05, 0.1) is 18.7 Å². The number of benzene rings is 2. The molecule has 1 amide bonds. The summed E-state index contributed by atoms with van der Waals surface area (Å²) in [6.07, 6.45) is 0.172. The first-order valence-corrected chi connectivity index (χ1v) is 9.65. The fourth-order valence-electron chi connectivity index (χ4n) is 3.47. The predicted molar refractivity (Wildman–Crippen MR) is 111 cm³/mol. The van der Waals surface area contributed by atoms with E-state index in [1.165, 1.54) is 11.0 Å². The fourth-order valence-corrected chi connectivity index (χ4v) is 3.47. The molecule has 1 aliphatic rings. The molecule has 2 aromatic carbocycles. The number of aryl methyl sites for hydroxylation is 2. The van der Waals surface area contributed by atoms with Crippen LogP contribution in [0.1, 0.15) is 23.1 Å². The van der Waals surface area contributed by atoms with Gasteiger partial charge in [-0.3, -0.25) is 14.5 Å². The summed E-state index contributed by atoms with van der Waals surface area (Å²) >= 11 is 0. The van der Waals surface area contributed by atoms with Gasteiger partial charge in [-0.2, -0.15) is 0 Å². The van der Waals surface area contributed by atoms with Gasteiger partial charge in [0.2, 0.25) is 5.91 Å². The van der Waals surface area contributed by atoms with Crippen LogP contribution in [0.3, 0.4) is 0 Å². The van der Waals surface area contributed by atoms with Gasteiger partial charge in [0, 0.05) is 17.0 Å². The van der Waals surface area contributed by atoms with Crippen LogP contribution in [-0.2, 0) is 20.9 Å². The van der Waals surface area contributed by atoms with Gasteiger partial charge in [-0.05, 0) is 37.1 Å². The van der Waals surface area contributed by atoms with Crippen molar-refractivity contribution in [2.75, 3.05) is 18.1 Å². The third-order valence-corrected chi connectivity index (χ3v) is 5.22. The molecule has 0 saturated heterocycles. The molecule has 7 heteroatoms. The molecule has 30 heavy (non-hydrogen) atoms. The molecule has 0 saturated carbocycles. The number of ether oxygens (including phenoxy) is 2. The summed E-state index contributed by atoms with van der Waals surface area (Å²) in [7, 11) is 0. The molecular weight excluding hydrogens is 386 g/mol. The van der Waals surface area contributed by atoms with Gasteiger partial charge < -0.3 is 13.9 Å². The van der Waals surface area contributed by atoms with Crippen molar-refractivity contribution < 1.29 is 23.5 Å². The molecule has 0 radical (unpaired) electrons. The standard InChI is InChI=1S/C23H21NO6/c1-14-7-8-17-16(11-21(26)30-23(17)15(14)2)13-29-22(27)12-24-18-5-3-4-6-19(18)28-10-9-20(24)25/h3-8,11H,9-10,12-13H2,1-2H3. The van der Waals surface area contributed by atoms with Crippen LogP contribution in [-0.4, -0.2) is 25.0 Å². The zero-order valence-corrected chi connectivity index (χ0v) is 16.8. The second kappa shape index (κ2) is 8.02. The number of hydrogen-bond acceptors (Lipinski definition) is 6. The molecule has 1 aromatic heterocycles. The smallest absolute Gasteiger partial charge is 0.336 e. The fraction of sp³-hybridized carbons (Fsp3) is 0.261. The van der Waals surface area contributed by atoms with Crippen molar-refractivity contribution in [1.29, 1.82) is 0 Å². The molecule has 1 aliphatic heterocycles. The minimum absolute atomic E-state index is 0.0936. The minimum Gasteiger partial charge on any atom is -0.491 e. The van der Waals surface area contributed by atoms with E-state index >= 15 is 0 Å². The number of para-hydroxylation sites is 2. The maximum absolute atomic E-state index is 12.5. The highest BCUT2D eigenvalue weighted by Crippen LogP contribution is 2.31. The lowest BCUT2D eigenvalue weighted by Gasteiger charge is -2.21. The number of amides is 1. The molecule has 0 unspecified atom stereocenters. The van der Waals surface area contributed by atoms with E-state index in [0.717, 1.165) is 16.5 Å². The molecule has 0 spiro atoms. The van der Waals surface area contributed by atoms with Crippen molar-refractivity contribution in [2.24, 2.45) is 0 Å². The molecule has 154 valence electrons. The van der Waals surface area contributed by atoms with E-state index in [1.54, 1.807) is 24.3 Å².